The molecular weight excluding hydrogens is 334 g/mol. The van der Waals surface area contributed by atoms with Crippen LogP contribution in [0.5, 0.6) is 11.5 Å². The van der Waals surface area contributed by atoms with Gasteiger partial charge in [-0.2, -0.15) is 0 Å². The molecule has 0 spiro atoms. The number of thiophene rings is 1. The van der Waals surface area contributed by atoms with Gasteiger partial charge in [-0.05, 0) is 54.5 Å². The van der Waals surface area contributed by atoms with E-state index >= 15 is 0 Å². The van der Waals surface area contributed by atoms with Gasteiger partial charge in [-0.1, -0.05) is 18.9 Å². The number of ether oxygens (including phenoxy) is 2. The summed E-state index contributed by atoms with van der Waals surface area (Å²) in [7, 11) is 0. The fraction of sp³-hybridized carbons (Fsp3) is 0.450. The van der Waals surface area contributed by atoms with Gasteiger partial charge < -0.3 is 14.8 Å². The molecular formula is C20H23NO3S. The number of carbonyl (C=O) groups is 1. The predicted molar refractivity (Wildman–Crippen MR) is 99.0 cm³/mol. The first-order valence-electron chi connectivity index (χ1n) is 8.90. The summed E-state index contributed by atoms with van der Waals surface area (Å²) >= 11 is 1.50. The normalized spacial score (nSPS) is 18.1. The zero-order valence-corrected chi connectivity index (χ0v) is 15.3. The third kappa shape index (κ3) is 3.13. The molecule has 2 aromatic rings. The molecule has 1 aliphatic heterocycles. The molecule has 1 aromatic heterocycles. The third-order valence-electron chi connectivity index (χ3n) is 5.37. The fourth-order valence-electron chi connectivity index (χ4n) is 3.93. The van der Waals surface area contributed by atoms with E-state index in [1.165, 1.54) is 29.7 Å². The maximum Gasteiger partial charge on any atom is 0.261 e. The van der Waals surface area contributed by atoms with Crippen molar-refractivity contribution in [3.63, 3.8) is 0 Å². The Morgan fingerprint density at radius 3 is 2.64 bits per heavy atom. The average molecular weight is 357 g/mol. The highest BCUT2D eigenvalue weighted by Gasteiger charge is 2.37. The number of benzene rings is 1. The van der Waals surface area contributed by atoms with Gasteiger partial charge in [0, 0.05) is 12.0 Å². The fourth-order valence-corrected chi connectivity index (χ4v) is 4.77. The number of rotatable bonds is 4. The van der Waals surface area contributed by atoms with Gasteiger partial charge in [0.2, 0.25) is 0 Å². The topological polar surface area (TPSA) is 47.6 Å². The molecule has 0 atom stereocenters. The number of nitrogens with one attached hydrogen (secondary N) is 1. The van der Waals surface area contributed by atoms with Crippen LogP contribution in [0.1, 0.15) is 46.5 Å². The van der Waals surface area contributed by atoms with Crippen LogP contribution in [0.2, 0.25) is 0 Å². The van der Waals surface area contributed by atoms with Crippen LogP contribution >= 0.6 is 11.3 Å². The Bertz CT molecular complexity index is 777. The van der Waals surface area contributed by atoms with E-state index in [0.717, 1.165) is 34.8 Å². The Hall–Kier alpha value is -2.01. The van der Waals surface area contributed by atoms with Crippen molar-refractivity contribution >= 4 is 17.2 Å². The highest BCUT2D eigenvalue weighted by atomic mass is 32.1. The summed E-state index contributed by atoms with van der Waals surface area (Å²) in [4.78, 5) is 13.4. The standard InChI is InChI=1S/C20H23NO3S/c1-14-6-11-25-18(14)19(22)21-13-20(7-2-3-8-20)15-4-5-16-17(12-15)24-10-9-23-16/h4-6,11-12H,2-3,7-10,13H2,1H3,(H,21,22). The Balaban J connectivity index is 1.56. The molecule has 0 unspecified atom stereocenters. The average Bonchev–Trinajstić information content (AvgIpc) is 3.29. The molecule has 25 heavy (non-hydrogen) atoms. The number of carbonyl (C=O) groups excluding carboxylic acids is 1. The largest absolute Gasteiger partial charge is 0.486 e. The van der Waals surface area contributed by atoms with Crippen molar-refractivity contribution in [1.82, 2.24) is 5.32 Å². The Labute approximate surface area is 152 Å². The van der Waals surface area contributed by atoms with Crippen molar-refractivity contribution in [3.8, 4) is 11.5 Å². The molecule has 4 rings (SSSR count). The lowest BCUT2D eigenvalue weighted by Crippen LogP contribution is -2.39. The zero-order valence-electron chi connectivity index (χ0n) is 14.5. The SMILES string of the molecule is Cc1ccsc1C(=O)NCC1(c2ccc3c(c2)OCCO3)CCCC1. The lowest BCUT2D eigenvalue weighted by Gasteiger charge is -2.31. The summed E-state index contributed by atoms with van der Waals surface area (Å²) in [6, 6.07) is 8.25. The van der Waals surface area contributed by atoms with Crippen LogP contribution in [-0.4, -0.2) is 25.7 Å². The first-order valence-corrected chi connectivity index (χ1v) is 9.78. The van der Waals surface area contributed by atoms with E-state index in [4.69, 9.17) is 9.47 Å². The van der Waals surface area contributed by atoms with Gasteiger partial charge in [-0.3, -0.25) is 4.79 Å². The maximum absolute atomic E-state index is 12.5. The number of fused-ring (bicyclic) bond motifs is 1. The minimum atomic E-state index is -0.00331. The molecule has 1 saturated carbocycles. The molecule has 1 aromatic carbocycles. The molecule has 1 fully saturated rings. The molecule has 1 amide bonds. The first-order chi connectivity index (χ1) is 12.2. The Morgan fingerprint density at radius 1 is 1.16 bits per heavy atom. The Kier molecular flexibility index (Phi) is 4.42. The molecule has 0 saturated heterocycles. The van der Waals surface area contributed by atoms with Gasteiger partial charge in [0.15, 0.2) is 11.5 Å². The van der Waals surface area contributed by atoms with Gasteiger partial charge >= 0.3 is 0 Å². The van der Waals surface area contributed by atoms with E-state index in [2.05, 4.69) is 17.4 Å². The quantitative estimate of drug-likeness (QED) is 0.897. The minimum Gasteiger partial charge on any atom is -0.486 e. The summed E-state index contributed by atoms with van der Waals surface area (Å²) in [5.41, 5.74) is 2.29. The van der Waals surface area contributed by atoms with Crippen LogP contribution in [-0.2, 0) is 5.41 Å². The van der Waals surface area contributed by atoms with Gasteiger partial charge in [0.1, 0.15) is 13.2 Å². The highest BCUT2D eigenvalue weighted by molar-refractivity contribution is 7.12. The van der Waals surface area contributed by atoms with Gasteiger partial charge in [0.05, 0.1) is 4.88 Å². The second-order valence-corrected chi connectivity index (χ2v) is 7.88. The molecule has 0 bridgehead atoms. The van der Waals surface area contributed by atoms with Crippen molar-refractivity contribution in [2.45, 2.75) is 38.0 Å². The van der Waals surface area contributed by atoms with E-state index in [0.29, 0.717) is 19.8 Å². The second-order valence-electron chi connectivity index (χ2n) is 6.96. The van der Waals surface area contributed by atoms with Gasteiger partial charge in [-0.15, -0.1) is 11.3 Å². The monoisotopic (exact) mass is 357 g/mol. The Morgan fingerprint density at radius 2 is 1.92 bits per heavy atom. The first kappa shape index (κ1) is 16.5. The van der Waals surface area contributed by atoms with Crippen LogP contribution in [0.4, 0.5) is 0 Å². The van der Waals surface area contributed by atoms with Crippen LogP contribution in [0.15, 0.2) is 29.6 Å². The number of hydrogen-bond donors (Lipinski definition) is 1. The summed E-state index contributed by atoms with van der Waals surface area (Å²) in [5, 5.41) is 5.16. The highest BCUT2D eigenvalue weighted by Crippen LogP contribution is 2.43. The minimum absolute atomic E-state index is 0.00331. The molecule has 4 nitrogen and oxygen atoms in total. The molecule has 132 valence electrons. The van der Waals surface area contributed by atoms with Crippen LogP contribution in [0.25, 0.3) is 0 Å². The maximum atomic E-state index is 12.5. The molecule has 0 radical (unpaired) electrons. The van der Waals surface area contributed by atoms with Crippen molar-refractivity contribution < 1.29 is 14.3 Å². The summed E-state index contributed by atoms with van der Waals surface area (Å²) in [6.07, 6.45) is 4.58. The van der Waals surface area contributed by atoms with Crippen molar-refractivity contribution in [2.75, 3.05) is 19.8 Å². The summed E-state index contributed by atoms with van der Waals surface area (Å²) in [5.74, 6) is 1.69. The third-order valence-corrected chi connectivity index (χ3v) is 6.39. The van der Waals surface area contributed by atoms with E-state index < -0.39 is 0 Å². The zero-order chi connectivity index (χ0) is 17.3. The number of hydrogen-bond acceptors (Lipinski definition) is 4. The van der Waals surface area contributed by atoms with Gasteiger partial charge in [0.25, 0.3) is 5.91 Å². The van der Waals surface area contributed by atoms with Crippen molar-refractivity contribution in [3.05, 3.63) is 45.6 Å². The van der Waals surface area contributed by atoms with E-state index in [-0.39, 0.29) is 11.3 Å². The second kappa shape index (κ2) is 6.71. The number of aryl methyl sites for hydroxylation is 1. The van der Waals surface area contributed by atoms with Crippen molar-refractivity contribution in [1.29, 1.82) is 0 Å². The lowest BCUT2D eigenvalue weighted by atomic mass is 9.78. The van der Waals surface area contributed by atoms with Crippen molar-refractivity contribution in [2.24, 2.45) is 0 Å². The molecule has 1 aliphatic carbocycles. The van der Waals surface area contributed by atoms with Crippen LogP contribution in [0, 0.1) is 6.92 Å². The smallest absolute Gasteiger partial charge is 0.261 e. The molecule has 2 aliphatic rings. The summed E-state index contributed by atoms with van der Waals surface area (Å²) in [6.45, 7) is 3.85. The van der Waals surface area contributed by atoms with Gasteiger partial charge in [-0.25, -0.2) is 0 Å². The van der Waals surface area contributed by atoms with Crippen LogP contribution < -0.4 is 14.8 Å². The number of amides is 1. The van der Waals surface area contributed by atoms with E-state index in [1.54, 1.807) is 0 Å². The molecule has 2 heterocycles. The predicted octanol–water partition coefficient (Wildman–Crippen LogP) is 4.07. The molecule has 1 N–H and O–H groups in total. The molecule has 5 heteroatoms. The van der Waals surface area contributed by atoms with Crippen LogP contribution in [0.3, 0.4) is 0 Å². The summed E-state index contributed by atoms with van der Waals surface area (Å²) < 4.78 is 11.4. The van der Waals surface area contributed by atoms with E-state index in [9.17, 15) is 4.79 Å². The lowest BCUT2D eigenvalue weighted by molar-refractivity contribution is 0.0946. The van der Waals surface area contributed by atoms with E-state index in [1.807, 2.05) is 24.4 Å².